The van der Waals surface area contributed by atoms with E-state index >= 15 is 0 Å². The van der Waals surface area contributed by atoms with Gasteiger partial charge in [-0.15, -0.1) is 0 Å². The van der Waals surface area contributed by atoms with E-state index in [1.165, 1.54) is 5.56 Å². The second-order valence-electron chi connectivity index (χ2n) is 10.5. The van der Waals surface area contributed by atoms with Crippen LogP contribution in [0.15, 0.2) is 71.9 Å². The highest BCUT2D eigenvalue weighted by atomic mass is 35.5. The van der Waals surface area contributed by atoms with E-state index in [0.29, 0.717) is 28.2 Å². The fraction of sp³-hybridized carbons (Fsp3) is 0.406. The van der Waals surface area contributed by atoms with Crippen LogP contribution in [0.3, 0.4) is 0 Å². The minimum Gasteiger partial charge on any atom is -0.379 e. The summed E-state index contributed by atoms with van der Waals surface area (Å²) in [7, 11) is 0. The Morgan fingerprint density at radius 2 is 1.71 bits per heavy atom. The van der Waals surface area contributed by atoms with Crippen molar-refractivity contribution in [2.45, 2.75) is 17.3 Å². The standard InChI is InChI=1S/C32H39ClN6O2S/c33-29-24-30(39-18-16-37(17-19-39)14-4-8-26-6-2-1-3-7-26)36-32(35-29)42-25-27-9-11-28(12-10-27)31(40)34-13-5-15-38-20-22-41-23-21-38/h1-4,6-12,24H,5,13-23,25H2,(H,34,40). The predicted molar refractivity (Wildman–Crippen MR) is 171 cm³/mol. The molecule has 42 heavy (non-hydrogen) atoms. The molecule has 10 heteroatoms. The van der Waals surface area contributed by atoms with Gasteiger partial charge in [0.15, 0.2) is 5.16 Å². The number of piperazine rings is 1. The topological polar surface area (TPSA) is 73.8 Å². The molecule has 0 unspecified atom stereocenters. The Bertz CT molecular complexity index is 1300. The molecule has 2 aliphatic heterocycles. The van der Waals surface area contributed by atoms with Gasteiger partial charge in [-0.25, -0.2) is 9.97 Å². The second-order valence-corrected chi connectivity index (χ2v) is 11.8. The summed E-state index contributed by atoms with van der Waals surface area (Å²) in [5.74, 6) is 1.53. The first-order valence-corrected chi connectivity index (χ1v) is 16.0. The lowest BCUT2D eigenvalue weighted by atomic mass is 10.1. The van der Waals surface area contributed by atoms with Crippen LogP contribution in [0.5, 0.6) is 0 Å². The number of carbonyl (C=O) groups is 1. The van der Waals surface area contributed by atoms with Gasteiger partial charge >= 0.3 is 0 Å². The Labute approximate surface area is 258 Å². The second kappa shape index (κ2) is 16.0. The lowest BCUT2D eigenvalue weighted by molar-refractivity contribution is 0.0374. The number of morpholine rings is 1. The summed E-state index contributed by atoms with van der Waals surface area (Å²) in [5, 5.41) is 4.15. The number of carbonyl (C=O) groups excluding carboxylic acids is 1. The van der Waals surface area contributed by atoms with Gasteiger partial charge in [-0.3, -0.25) is 14.6 Å². The SMILES string of the molecule is O=C(NCCCN1CCOCC1)c1ccc(CSc2nc(Cl)cc(N3CCN(CC=Cc4ccccc4)CC3)n2)cc1. The number of halogens is 1. The number of ether oxygens (including phenoxy) is 1. The Balaban J connectivity index is 1.05. The Kier molecular flexibility index (Phi) is 11.7. The van der Waals surface area contributed by atoms with Crippen LogP contribution in [0.25, 0.3) is 6.08 Å². The van der Waals surface area contributed by atoms with Crippen LogP contribution < -0.4 is 10.2 Å². The first-order chi connectivity index (χ1) is 20.6. The van der Waals surface area contributed by atoms with Crippen LogP contribution in [0.4, 0.5) is 5.82 Å². The molecule has 0 spiro atoms. The number of amides is 1. The average molecular weight is 607 g/mol. The number of benzene rings is 2. The van der Waals surface area contributed by atoms with Crippen LogP contribution in [-0.4, -0.2) is 97.8 Å². The van der Waals surface area contributed by atoms with Gasteiger partial charge in [0.1, 0.15) is 11.0 Å². The van der Waals surface area contributed by atoms with Gasteiger partial charge in [-0.05, 0) is 36.2 Å². The quantitative estimate of drug-likeness (QED) is 0.138. The van der Waals surface area contributed by atoms with Crippen molar-refractivity contribution in [2.24, 2.45) is 0 Å². The molecule has 1 amide bonds. The zero-order valence-corrected chi connectivity index (χ0v) is 25.5. The summed E-state index contributed by atoms with van der Waals surface area (Å²) in [6, 6.07) is 20.0. The molecule has 2 fully saturated rings. The average Bonchev–Trinajstić information content (AvgIpc) is 3.03. The highest BCUT2D eigenvalue weighted by molar-refractivity contribution is 7.98. The first-order valence-electron chi connectivity index (χ1n) is 14.7. The van der Waals surface area contributed by atoms with E-state index in [4.69, 9.17) is 21.3 Å². The van der Waals surface area contributed by atoms with Crippen molar-refractivity contribution in [3.8, 4) is 0 Å². The summed E-state index contributed by atoms with van der Waals surface area (Å²) in [5.41, 5.74) is 3.00. The fourth-order valence-electron chi connectivity index (χ4n) is 5.01. The van der Waals surface area contributed by atoms with Crippen LogP contribution >= 0.6 is 23.4 Å². The first kappa shape index (κ1) is 30.5. The molecular formula is C32H39ClN6O2S. The summed E-state index contributed by atoms with van der Waals surface area (Å²) in [6.45, 7) is 9.86. The molecule has 222 valence electrons. The summed E-state index contributed by atoms with van der Waals surface area (Å²) < 4.78 is 5.38. The van der Waals surface area contributed by atoms with Crippen LogP contribution in [0, 0.1) is 0 Å². The molecule has 0 atom stereocenters. The van der Waals surface area contributed by atoms with Crippen molar-refractivity contribution in [3.63, 3.8) is 0 Å². The summed E-state index contributed by atoms with van der Waals surface area (Å²) in [4.78, 5) is 28.9. The van der Waals surface area contributed by atoms with Crippen molar-refractivity contribution >= 4 is 41.2 Å². The van der Waals surface area contributed by atoms with Crippen LogP contribution in [0.1, 0.15) is 27.9 Å². The Hall–Kier alpha value is -2.95. The third kappa shape index (κ3) is 9.54. The molecular weight excluding hydrogens is 568 g/mol. The number of anilines is 1. The van der Waals surface area contributed by atoms with Gasteiger partial charge in [0.05, 0.1) is 13.2 Å². The maximum Gasteiger partial charge on any atom is 0.251 e. The molecule has 1 aromatic heterocycles. The highest BCUT2D eigenvalue weighted by Crippen LogP contribution is 2.25. The molecule has 3 aromatic rings. The molecule has 0 saturated carbocycles. The fourth-order valence-corrected chi connectivity index (χ4v) is 6.04. The molecule has 0 bridgehead atoms. The van der Waals surface area contributed by atoms with Crippen LogP contribution in [0.2, 0.25) is 5.15 Å². The number of nitrogens with zero attached hydrogens (tertiary/aromatic N) is 5. The third-order valence-electron chi connectivity index (χ3n) is 7.46. The lowest BCUT2D eigenvalue weighted by Crippen LogP contribution is -2.46. The number of aromatic nitrogens is 2. The molecule has 2 aromatic carbocycles. The minimum absolute atomic E-state index is 0.0358. The van der Waals surface area contributed by atoms with Gasteiger partial charge in [0.2, 0.25) is 0 Å². The van der Waals surface area contributed by atoms with Gasteiger partial charge in [0.25, 0.3) is 5.91 Å². The van der Waals surface area contributed by atoms with Gasteiger partial charge in [-0.1, -0.05) is 78.0 Å². The van der Waals surface area contributed by atoms with Crippen molar-refractivity contribution in [1.82, 2.24) is 25.1 Å². The minimum atomic E-state index is -0.0358. The number of hydrogen-bond donors (Lipinski definition) is 1. The Morgan fingerprint density at radius 3 is 2.48 bits per heavy atom. The summed E-state index contributed by atoms with van der Waals surface area (Å²) in [6.07, 6.45) is 5.34. The van der Waals surface area contributed by atoms with Gasteiger partial charge < -0.3 is 15.0 Å². The maximum atomic E-state index is 12.5. The lowest BCUT2D eigenvalue weighted by Gasteiger charge is -2.35. The number of nitrogens with one attached hydrogen (secondary N) is 1. The molecule has 0 aliphatic carbocycles. The molecule has 8 nitrogen and oxygen atoms in total. The number of rotatable bonds is 12. The van der Waals surface area contributed by atoms with E-state index in [1.807, 2.05) is 36.4 Å². The number of thioether (sulfide) groups is 1. The summed E-state index contributed by atoms with van der Waals surface area (Å²) >= 11 is 7.95. The van der Waals surface area contributed by atoms with E-state index < -0.39 is 0 Å². The monoisotopic (exact) mass is 606 g/mol. The molecule has 2 aliphatic rings. The zero-order valence-electron chi connectivity index (χ0n) is 24.0. The largest absolute Gasteiger partial charge is 0.379 e. The van der Waals surface area contributed by atoms with Gasteiger partial charge in [0, 0.05) is 69.7 Å². The highest BCUT2D eigenvalue weighted by Gasteiger charge is 2.19. The molecule has 3 heterocycles. The van der Waals surface area contributed by atoms with Crippen molar-refractivity contribution in [1.29, 1.82) is 0 Å². The van der Waals surface area contributed by atoms with E-state index in [1.54, 1.807) is 11.8 Å². The zero-order chi connectivity index (χ0) is 29.0. The number of hydrogen-bond acceptors (Lipinski definition) is 8. The smallest absolute Gasteiger partial charge is 0.251 e. The van der Waals surface area contributed by atoms with Gasteiger partial charge in [-0.2, -0.15) is 0 Å². The molecule has 0 radical (unpaired) electrons. The molecule has 2 saturated heterocycles. The van der Waals surface area contributed by atoms with E-state index in [0.717, 1.165) is 83.4 Å². The van der Waals surface area contributed by atoms with Crippen molar-refractivity contribution in [3.05, 3.63) is 88.6 Å². The van der Waals surface area contributed by atoms with E-state index in [2.05, 4.69) is 61.4 Å². The maximum absolute atomic E-state index is 12.5. The molecule has 5 rings (SSSR count). The Morgan fingerprint density at radius 1 is 0.952 bits per heavy atom. The third-order valence-corrected chi connectivity index (χ3v) is 8.57. The molecule has 1 N–H and O–H groups in total. The normalized spacial score (nSPS) is 16.6. The van der Waals surface area contributed by atoms with E-state index in [-0.39, 0.29) is 5.91 Å². The van der Waals surface area contributed by atoms with Crippen LogP contribution in [-0.2, 0) is 10.5 Å². The predicted octanol–water partition coefficient (Wildman–Crippen LogP) is 4.71. The van der Waals surface area contributed by atoms with Crippen molar-refractivity contribution in [2.75, 3.05) is 77.0 Å². The van der Waals surface area contributed by atoms with Crippen molar-refractivity contribution < 1.29 is 9.53 Å². The van der Waals surface area contributed by atoms with E-state index in [9.17, 15) is 4.79 Å².